The number of thioether (sulfide) groups is 1. The van der Waals surface area contributed by atoms with Crippen molar-refractivity contribution < 1.29 is 0 Å². The second-order valence-electron chi connectivity index (χ2n) is 5.99. The maximum Gasteiger partial charge on any atom is 0.0967 e. The zero-order valence-corrected chi connectivity index (χ0v) is 13.9. The molecule has 0 saturated carbocycles. The molecule has 112 valence electrons. The number of hydrogen-bond donors (Lipinski definition) is 0. The van der Waals surface area contributed by atoms with Gasteiger partial charge in [-0.3, -0.25) is 0 Å². The molecule has 21 heavy (non-hydrogen) atoms. The highest BCUT2D eigenvalue weighted by Crippen LogP contribution is 2.24. The van der Waals surface area contributed by atoms with Gasteiger partial charge in [-0.25, -0.2) is 4.98 Å². The Morgan fingerprint density at radius 2 is 2.00 bits per heavy atom. The van der Waals surface area contributed by atoms with E-state index in [1.54, 1.807) is 11.8 Å². The van der Waals surface area contributed by atoms with Crippen LogP contribution >= 0.6 is 11.8 Å². The van der Waals surface area contributed by atoms with Crippen LogP contribution in [0.1, 0.15) is 30.4 Å². The van der Waals surface area contributed by atoms with E-state index < -0.39 is 0 Å². The van der Waals surface area contributed by atoms with Gasteiger partial charge in [-0.1, -0.05) is 6.07 Å². The van der Waals surface area contributed by atoms with Crippen LogP contribution in [0.25, 0.3) is 10.9 Å². The number of benzene rings is 1. The van der Waals surface area contributed by atoms with E-state index in [0.29, 0.717) is 0 Å². The van der Waals surface area contributed by atoms with Crippen molar-refractivity contribution in [2.75, 3.05) is 25.9 Å². The van der Waals surface area contributed by atoms with Gasteiger partial charge in [0.25, 0.3) is 0 Å². The van der Waals surface area contributed by atoms with Crippen LogP contribution in [0.3, 0.4) is 0 Å². The lowest BCUT2D eigenvalue weighted by Crippen LogP contribution is -2.20. The van der Waals surface area contributed by atoms with Crippen molar-refractivity contribution in [3.8, 4) is 0 Å². The number of likely N-dealkylation sites (tertiary alicyclic amines) is 1. The van der Waals surface area contributed by atoms with Gasteiger partial charge in [0.05, 0.1) is 10.5 Å². The fourth-order valence-corrected chi connectivity index (χ4v) is 3.67. The van der Waals surface area contributed by atoms with E-state index in [1.165, 1.54) is 61.8 Å². The summed E-state index contributed by atoms with van der Waals surface area (Å²) in [7, 11) is 0. The lowest BCUT2D eigenvalue weighted by Gasteiger charge is -2.14. The van der Waals surface area contributed by atoms with Crippen LogP contribution in [-0.2, 0) is 6.42 Å². The molecule has 2 heterocycles. The van der Waals surface area contributed by atoms with Crippen LogP contribution < -0.4 is 0 Å². The molecule has 3 heteroatoms. The lowest BCUT2D eigenvalue weighted by atomic mass is 10.0. The lowest BCUT2D eigenvalue weighted by molar-refractivity contribution is 0.334. The molecule has 0 atom stereocenters. The van der Waals surface area contributed by atoms with Crippen LogP contribution in [-0.4, -0.2) is 35.8 Å². The summed E-state index contributed by atoms with van der Waals surface area (Å²) in [6.07, 6.45) is 7.30. The molecule has 0 radical (unpaired) electrons. The molecule has 0 aliphatic carbocycles. The number of fused-ring (bicyclic) bond motifs is 1. The molecule has 0 N–H and O–H groups in total. The Kier molecular flexibility index (Phi) is 4.81. The number of pyridine rings is 1. The van der Waals surface area contributed by atoms with Gasteiger partial charge in [0, 0.05) is 5.39 Å². The SMILES string of the molecule is CSc1cc(C)c2cc(CCCN3CCCC3)ccc2n1. The van der Waals surface area contributed by atoms with E-state index in [2.05, 4.69) is 42.3 Å². The molecule has 2 aromatic rings. The number of nitrogens with zero attached hydrogens (tertiary/aromatic N) is 2. The Morgan fingerprint density at radius 1 is 1.19 bits per heavy atom. The Labute approximate surface area is 131 Å². The van der Waals surface area contributed by atoms with Gasteiger partial charge in [-0.15, -0.1) is 11.8 Å². The van der Waals surface area contributed by atoms with Crippen molar-refractivity contribution in [2.45, 2.75) is 37.6 Å². The molecule has 3 rings (SSSR count). The Morgan fingerprint density at radius 3 is 2.76 bits per heavy atom. The van der Waals surface area contributed by atoms with Gasteiger partial charge < -0.3 is 4.90 Å². The summed E-state index contributed by atoms with van der Waals surface area (Å²) in [5.74, 6) is 0. The summed E-state index contributed by atoms with van der Waals surface area (Å²) in [4.78, 5) is 7.29. The van der Waals surface area contributed by atoms with E-state index >= 15 is 0 Å². The van der Waals surface area contributed by atoms with Gasteiger partial charge in [-0.2, -0.15) is 0 Å². The summed E-state index contributed by atoms with van der Waals surface area (Å²) < 4.78 is 0. The van der Waals surface area contributed by atoms with E-state index in [-0.39, 0.29) is 0 Å². The molecule has 1 aromatic carbocycles. The summed E-state index contributed by atoms with van der Waals surface area (Å²) in [6.45, 7) is 6.05. The van der Waals surface area contributed by atoms with Crippen molar-refractivity contribution >= 4 is 22.7 Å². The molecule has 1 aliphatic heterocycles. The summed E-state index contributed by atoms with van der Waals surface area (Å²) in [5, 5.41) is 2.42. The average Bonchev–Trinajstić information content (AvgIpc) is 3.01. The van der Waals surface area contributed by atoms with E-state index in [0.717, 1.165) is 10.5 Å². The van der Waals surface area contributed by atoms with Crippen LogP contribution in [0.2, 0.25) is 0 Å². The third kappa shape index (κ3) is 3.58. The maximum atomic E-state index is 4.69. The molecule has 1 aliphatic rings. The smallest absolute Gasteiger partial charge is 0.0967 e. The molecule has 1 saturated heterocycles. The minimum Gasteiger partial charge on any atom is -0.303 e. The van der Waals surface area contributed by atoms with E-state index in [4.69, 9.17) is 4.98 Å². The van der Waals surface area contributed by atoms with Crippen molar-refractivity contribution in [3.63, 3.8) is 0 Å². The van der Waals surface area contributed by atoms with Crippen LogP contribution in [0.15, 0.2) is 29.3 Å². The largest absolute Gasteiger partial charge is 0.303 e. The number of aryl methyl sites for hydroxylation is 2. The Bertz CT molecular complexity index is 618. The van der Waals surface area contributed by atoms with Crippen molar-refractivity contribution in [1.82, 2.24) is 9.88 Å². The minimum atomic E-state index is 1.11. The molecule has 1 fully saturated rings. The minimum absolute atomic E-state index is 1.11. The number of aromatic nitrogens is 1. The van der Waals surface area contributed by atoms with Gasteiger partial charge >= 0.3 is 0 Å². The van der Waals surface area contributed by atoms with Crippen LogP contribution in [0, 0.1) is 6.92 Å². The summed E-state index contributed by atoms with van der Waals surface area (Å²) in [5.41, 5.74) is 3.91. The first kappa shape index (κ1) is 14.9. The second kappa shape index (κ2) is 6.80. The molecule has 2 nitrogen and oxygen atoms in total. The Hall–Kier alpha value is -1.06. The zero-order chi connectivity index (χ0) is 14.7. The normalized spacial score (nSPS) is 15.9. The zero-order valence-electron chi connectivity index (χ0n) is 13.1. The van der Waals surface area contributed by atoms with Crippen molar-refractivity contribution in [1.29, 1.82) is 0 Å². The first-order valence-electron chi connectivity index (χ1n) is 7.93. The highest BCUT2D eigenvalue weighted by molar-refractivity contribution is 7.98. The predicted molar refractivity (Wildman–Crippen MR) is 92.3 cm³/mol. The first-order valence-corrected chi connectivity index (χ1v) is 9.15. The molecular formula is C18H24N2S. The summed E-state index contributed by atoms with van der Waals surface area (Å²) >= 11 is 1.71. The average molecular weight is 300 g/mol. The fourth-order valence-electron chi connectivity index (χ4n) is 3.18. The van der Waals surface area contributed by atoms with Gasteiger partial charge in [0.2, 0.25) is 0 Å². The fraction of sp³-hybridized carbons (Fsp3) is 0.500. The molecular weight excluding hydrogens is 276 g/mol. The predicted octanol–water partition coefficient (Wildman–Crippen LogP) is 4.29. The van der Waals surface area contributed by atoms with Gasteiger partial charge in [0.15, 0.2) is 0 Å². The number of hydrogen-bond acceptors (Lipinski definition) is 3. The highest BCUT2D eigenvalue weighted by atomic mass is 32.2. The third-order valence-corrected chi connectivity index (χ3v) is 5.03. The van der Waals surface area contributed by atoms with E-state index in [1.807, 2.05) is 0 Å². The number of rotatable bonds is 5. The molecule has 0 spiro atoms. The van der Waals surface area contributed by atoms with E-state index in [9.17, 15) is 0 Å². The topological polar surface area (TPSA) is 16.1 Å². The standard InChI is InChI=1S/C18H24N2S/c1-14-12-18(21-2)19-17-8-7-15(13-16(14)17)6-5-11-20-9-3-4-10-20/h7-8,12-13H,3-6,9-11H2,1-2H3. The van der Waals surface area contributed by atoms with Crippen LogP contribution in [0.4, 0.5) is 0 Å². The van der Waals surface area contributed by atoms with Gasteiger partial charge in [-0.05, 0) is 87.8 Å². The Balaban J connectivity index is 1.70. The maximum absolute atomic E-state index is 4.69. The third-order valence-electron chi connectivity index (χ3n) is 4.40. The highest BCUT2D eigenvalue weighted by Gasteiger charge is 2.10. The monoisotopic (exact) mass is 300 g/mol. The molecule has 0 amide bonds. The molecule has 1 aromatic heterocycles. The van der Waals surface area contributed by atoms with Crippen LogP contribution in [0.5, 0.6) is 0 Å². The molecule has 0 bridgehead atoms. The second-order valence-corrected chi connectivity index (χ2v) is 6.81. The first-order chi connectivity index (χ1) is 10.3. The van der Waals surface area contributed by atoms with Gasteiger partial charge in [0.1, 0.15) is 0 Å². The van der Waals surface area contributed by atoms with Crippen molar-refractivity contribution in [3.05, 3.63) is 35.4 Å². The summed E-state index contributed by atoms with van der Waals surface area (Å²) in [6, 6.07) is 8.98. The quantitative estimate of drug-likeness (QED) is 0.766. The molecule has 0 unspecified atom stereocenters. The van der Waals surface area contributed by atoms with Crippen molar-refractivity contribution in [2.24, 2.45) is 0 Å².